The van der Waals surface area contributed by atoms with E-state index in [4.69, 9.17) is 10.8 Å². The second-order valence-electron chi connectivity index (χ2n) is 8.88. The number of aliphatic carboxylic acids is 1. The number of rotatable bonds is 8. The van der Waals surface area contributed by atoms with Gasteiger partial charge in [-0.15, -0.1) is 0 Å². The summed E-state index contributed by atoms with van der Waals surface area (Å²) in [7, 11) is 2.13. The minimum absolute atomic E-state index is 0.111. The van der Waals surface area contributed by atoms with Gasteiger partial charge in [0.2, 0.25) is 0 Å². The summed E-state index contributed by atoms with van der Waals surface area (Å²) in [6.07, 6.45) is 2.97. The average molecular weight is 474 g/mol. The van der Waals surface area contributed by atoms with Crippen molar-refractivity contribution in [1.29, 1.82) is 0 Å². The third-order valence-corrected chi connectivity index (χ3v) is 6.30. The molecule has 1 aliphatic rings. The number of nitrogens with zero attached hydrogens (tertiary/aromatic N) is 4. The molecule has 0 saturated carbocycles. The van der Waals surface area contributed by atoms with E-state index in [0.29, 0.717) is 12.1 Å². The predicted octanol–water partition coefficient (Wildman–Crippen LogP) is 3.20. The molecule has 0 unspecified atom stereocenters. The Morgan fingerprint density at radius 3 is 2.49 bits per heavy atom. The fourth-order valence-corrected chi connectivity index (χ4v) is 4.29. The molecular weight excluding hydrogens is 442 g/mol. The monoisotopic (exact) mass is 473 g/mol. The lowest BCUT2D eigenvalue weighted by Crippen LogP contribution is -2.44. The number of likely N-dealkylation sites (N-methyl/N-ethyl adjacent to an activating group) is 1. The highest BCUT2D eigenvalue weighted by Crippen LogP contribution is 2.30. The zero-order chi connectivity index (χ0) is 24.8. The van der Waals surface area contributed by atoms with Crippen molar-refractivity contribution in [3.63, 3.8) is 0 Å². The van der Waals surface area contributed by atoms with Crippen molar-refractivity contribution in [2.24, 2.45) is 0 Å². The molecule has 1 saturated heterocycles. The smallest absolute Gasteiger partial charge is 0.305 e. The van der Waals surface area contributed by atoms with Crippen LogP contribution in [-0.4, -0.2) is 71.5 Å². The molecular formula is C27H31N5O3. The molecule has 1 aliphatic heterocycles. The Labute approximate surface area is 205 Å². The maximum Gasteiger partial charge on any atom is 0.305 e. The predicted molar refractivity (Wildman–Crippen MR) is 137 cm³/mol. The summed E-state index contributed by atoms with van der Waals surface area (Å²) in [6.45, 7) is 4.34. The quantitative estimate of drug-likeness (QED) is 0.484. The first kappa shape index (κ1) is 24.2. The van der Waals surface area contributed by atoms with Crippen LogP contribution in [0.25, 0.3) is 11.1 Å². The van der Waals surface area contributed by atoms with Gasteiger partial charge in [0.25, 0.3) is 5.91 Å². The molecule has 2 aromatic carbocycles. The first-order chi connectivity index (χ1) is 16.9. The number of carbonyl (C=O) groups excluding carboxylic acids is 1. The van der Waals surface area contributed by atoms with E-state index in [0.717, 1.165) is 54.2 Å². The Balaban J connectivity index is 1.53. The van der Waals surface area contributed by atoms with Gasteiger partial charge >= 0.3 is 5.97 Å². The molecule has 4 rings (SSSR count). The average Bonchev–Trinajstić information content (AvgIpc) is 2.87. The number of nitrogens with two attached hydrogens (primary N) is 1. The Morgan fingerprint density at radius 2 is 1.80 bits per heavy atom. The van der Waals surface area contributed by atoms with Crippen molar-refractivity contribution in [2.75, 3.05) is 50.4 Å². The van der Waals surface area contributed by atoms with Crippen LogP contribution in [0.5, 0.6) is 0 Å². The SMILES string of the molecule is CN1CCN(c2ccc(-c3cccc(CN(CCC(=O)O)C(=O)c4cccnc4)c3)cc2N)CC1. The number of carboxylic acid groups (broad SMARTS) is 1. The van der Waals surface area contributed by atoms with Crippen LogP contribution in [0.4, 0.5) is 11.4 Å². The molecule has 0 atom stereocenters. The zero-order valence-corrected chi connectivity index (χ0v) is 19.9. The van der Waals surface area contributed by atoms with E-state index < -0.39 is 5.97 Å². The van der Waals surface area contributed by atoms with Gasteiger partial charge in [-0.2, -0.15) is 0 Å². The first-order valence-electron chi connectivity index (χ1n) is 11.7. The Hall–Kier alpha value is -3.91. The normalized spacial score (nSPS) is 14.0. The van der Waals surface area contributed by atoms with Crippen molar-refractivity contribution in [3.8, 4) is 11.1 Å². The van der Waals surface area contributed by atoms with Crippen molar-refractivity contribution in [2.45, 2.75) is 13.0 Å². The van der Waals surface area contributed by atoms with Crippen LogP contribution in [0.2, 0.25) is 0 Å². The summed E-state index contributed by atoms with van der Waals surface area (Å²) >= 11 is 0. The highest BCUT2D eigenvalue weighted by molar-refractivity contribution is 5.94. The molecule has 182 valence electrons. The van der Waals surface area contributed by atoms with Crippen molar-refractivity contribution >= 4 is 23.3 Å². The van der Waals surface area contributed by atoms with Crippen molar-refractivity contribution in [3.05, 3.63) is 78.1 Å². The van der Waals surface area contributed by atoms with Crippen LogP contribution in [0.3, 0.4) is 0 Å². The Morgan fingerprint density at radius 1 is 1.03 bits per heavy atom. The van der Waals surface area contributed by atoms with Crippen LogP contribution < -0.4 is 10.6 Å². The van der Waals surface area contributed by atoms with E-state index in [-0.39, 0.29) is 18.9 Å². The maximum atomic E-state index is 13.0. The fourth-order valence-electron chi connectivity index (χ4n) is 4.29. The highest BCUT2D eigenvalue weighted by atomic mass is 16.4. The summed E-state index contributed by atoms with van der Waals surface area (Å²) in [5.41, 5.74) is 11.6. The second kappa shape index (κ2) is 11.0. The van der Waals surface area contributed by atoms with Gasteiger partial charge in [0.15, 0.2) is 0 Å². The lowest BCUT2D eigenvalue weighted by molar-refractivity contribution is -0.137. The number of benzene rings is 2. The number of hydrogen-bond donors (Lipinski definition) is 2. The summed E-state index contributed by atoms with van der Waals surface area (Å²) < 4.78 is 0. The van der Waals surface area contributed by atoms with E-state index in [1.807, 2.05) is 30.3 Å². The number of piperazine rings is 1. The molecule has 0 spiro atoms. The molecule has 1 amide bonds. The second-order valence-corrected chi connectivity index (χ2v) is 8.88. The van der Waals surface area contributed by atoms with E-state index in [9.17, 15) is 9.59 Å². The number of nitrogen functional groups attached to an aromatic ring is 1. The molecule has 8 nitrogen and oxygen atoms in total. The van der Waals surface area contributed by atoms with Crippen LogP contribution in [0.15, 0.2) is 67.0 Å². The van der Waals surface area contributed by atoms with Gasteiger partial charge in [-0.05, 0) is 54.1 Å². The lowest BCUT2D eigenvalue weighted by Gasteiger charge is -2.34. The topological polar surface area (TPSA) is 103 Å². The number of hydrogen-bond acceptors (Lipinski definition) is 6. The summed E-state index contributed by atoms with van der Waals surface area (Å²) in [5, 5.41) is 9.16. The van der Waals surface area contributed by atoms with Gasteiger partial charge in [-0.3, -0.25) is 14.6 Å². The number of carboxylic acids is 1. The molecule has 0 aliphatic carbocycles. The van der Waals surface area contributed by atoms with Gasteiger partial charge < -0.3 is 25.5 Å². The van der Waals surface area contributed by atoms with Crippen LogP contribution in [0, 0.1) is 0 Å². The number of pyridine rings is 1. The minimum atomic E-state index is -0.946. The number of carbonyl (C=O) groups is 2. The summed E-state index contributed by atoms with van der Waals surface area (Å²) in [4.78, 5) is 34.4. The van der Waals surface area contributed by atoms with E-state index in [2.05, 4.69) is 34.0 Å². The molecule has 35 heavy (non-hydrogen) atoms. The highest BCUT2D eigenvalue weighted by Gasteiger charge is 2.19. The van der Waals surface area contributed by atoms with E-state index >= 15 is 0 Å². The standard InChI is InChI=1S/C27H31N5O3/c1-30-12-14-31(15-13-30)25-8-7-22(17-24(25)28)21-5-2-4-20(16-21)19-32(11-9-26(33)34)27(35)23-6-3-10-29-18-23/h2-8,10,16-18H,9,11-15,19,28H2,1H3,(H,33,34). The maximum absolute atomic E-state index is 13.0. The molecule has 1 aromatic heterocycles. The lowest BCUT2D eigenvalue weighted by atomic mass is 10.0. The molecule has 3 N–H and O–H groups in total. The molecule has 0 bridgehead atoms. The molecule has 1 fully saturated rings. The van der Waals surface area contributed by atoms with Crippen LogP contribution in [-0.2, 0) is 11.3 Å². The van der Waals surface area contributed by atoms with Gasteiger partial charge in [0.1, 0.15) is 0 Å². The van der Waals surface area contributed by atoms with Gasteiger partial charge in [0, 0.05) is 51.7 Å². The Bertz CT molecular complexity index is 1180. The van der Waals surface area contributed by atoms with Crippen LogP contribution in [0.1, 0.15) is 22.3 Å². The molecule has 0 radical (unpaired) electrons. The van der Waals surface area contributed by atoms with Crippen molar-refractivity contribution < 1.29 is 14.7 Å². The fraction of sp³-hybridized carbons (Fsp3) is 0.296. The molecule has 8 heteroatoms. The minimum Gasteiger partial charge on any atom is -0.481 e. The van der Waals surface area contributed by atoms with Crippen molar-refractivity contribution in [1.82, 2.24) is 14.8 Å². The number of anilines is 2. The zero-order valence-electron chi connectivity index (χ0n) is 19.9. The summed E-state index contributed by atoms with van der Waals surface area (Å²) in [6, 6.07) is 17.4. The third kappa shape index (κ3) is 6.16. The number of amides is 1. The van der Waals surface area contributed by atoms with E-state index in [1.165, 1.54) is 6.20 Å². The summed E-state index contributed by atoms with van der Waals surface area (Å²) in [5.74, 6) is -1.19. The van der Waals surface area contributed by atoms with E-state index in [1.54, 1.807) is 23.2 Å². The molecule has 2 heterocycles. The largest absolute Gasteiger partial charge is 0.481 e. The first-order valence-corrected chi connectivity index (χ1v) is 11.7. The number of aromatic nitrogens is 1. The third-order valence-electron chi connectivity index (χ3n) is 6.30. The van der Waals surface area contributed by atoms with Gasteiger partial charge in [-0.1, -0.05) is 24.3 Å². The molecule has 3 aromatic rings. The van der Waals surface area contributed by atoms with Gasteiger partial charge in [-0.25, -0.2) is 0 Å². The Kier molecular flexibility index (Phi) is 7.62. The van der Waals surface area contributed by atoms with Gasteiger partial charge in [0.05, 0.1) is 23.4 Å². The van der Waals surface area contributed by atoms with Crippen LogP contribution >= 0.6 is 0 Å².